The van der Waals surface area contributed by atoms with E-state index in [1.165, 1.54) is 38.5 Å². The van der Waals surface area contributed by atoms with Crippen LogP contribution >= 0.6 is 15.6 Å². The fourth-order valence-corrected chi connectivity index (χ4v) is 11.4. The molecule has 3 N–H and O–H groups in total. The molecule has 0 radical (unpaired) electrons. The monoisotopic (exact) mass is 1520 g/mol. The van der Waals surface area contributed by atoms with Gasteiger partial charge in [0.15, 0.2) is 12.2 Å². The van der Waals surface area contributed by atoms with Gasteiger partial charge in [-0.1, -0.05) is 274 Å². The summed E-state index contributed by atoms with van der Waals surface area (Å²) in [5.41, 5.74) is 0. The van der Waals surface area contributed by atoms with Crippen molar-refractivity contribution in [1.82, 2.24) is 0 Å². The first-order valence-corrected chi connectivity index (χ1v) is 43.0. The molecule has 0 bridgehead atoms. The van der Waals surface area contributed by atoms with Crippen molar-refractivity contribution in [2.75, 3.05) is 39.6 Å². The number of aliphatic hydroxyl groups is 1. The molecule has 19 heteroatoms. The van der Waals surface area contributed by atoms with Crippen LogP contribution in [0.25, 0.3) is 0 Å². The molecule has 0 aliphatic rings. The molecule has 0 aromatic heterocycles. The molecule has 0 saturated carbocycles. The summed E-state index contributed by atoms with van der Waals surface area (Å²) in [4.78, 5) is 73.0. The number of ether oxygens (including phenoxy) is 4. The first-order chi connectivity index (χ1) is 51.7. The highest BCUT2D eigenvalue weighted by Crippen LogP contribution is 2.45. The van der Waals surface area contributed by atoms with E-state index in [9.17, 15) is 43.2 Å². The van der Waals surface area contributed by atoms with E-state index in [1.807, 2.05) is 24.3 Å². The molecule has 0 aliphatic carbocycles. The number of phosphoric acid groups is 2. The third-order valence-corrected chi connectivity index (χ3v) is 17.7. The normalized spacial score (nSPS) is 14.8. The van der Waals surface area contributed by atoms with Gasteiger partial charge >= 0.3 is 39.5 Å². The van der Waals surface area contributed by atoms with E-state index in [0.29, 0.717) is 38.5 Å². The lowest BCUT2D eigenvalue weighted by Crippen LogP contribution is -2.30. The number of hydrogen-bond acceptors (Lipinski definition) is 15. The zero-order valence-electron chi connectivity index (χ0n) is 65.5. The number of carbonyl (C=O) groups is 4. The van der Waals surface area contributed by atoms with Crippen LogP contribution in [0, 0.1) is 0 Å². The summed E-state index contributed by atoms with van der Waals surface area (Å²) in [5, 5.41) is 10.6. The minimum absolute atomic E-state index is 0.00335. The highest BCUT2D eigenvalue weighted by atomic mass is 31.2. The van der Waals surface area contributed by atoms with E-state index in [2.05, 4.69) is 186 Å². The smallest absolute Gasteiger partial charge is 0.462 e. The van der Waals surface area contributed by atoms with E-state index < -0.39 is 97.5 Å². The maximum atomic E-state index is 13.1. The molecule has 0 spiro atoms. The number of rotatable bonds is 73. The van der Waals surface area contributed by atoms with Crippen LogP contribution in [-0.2, 0) is 65.4 Å². The SMILES string of the molecule is CC/C=C\C/C=C\C/C=C\C/C=C\C/C=C\CCCC(=O)OCC(COP(=O)(O)OCC(O)COP(=O)(O)OCC(COC(=O)CCCCCC/C=C\C/C=C\C/C=C\C/C=C\CC)OC(=O)CCCCCCC/C=C\CCCCCCCC)OC(=O)CCC/C=C\C/C=C\C/C=C\C/C=C\C/C=C\CC. The Labute approximate surface area is 641 Å². The molecule has 17 nitrogen and oxygen atoms in total. The molecule has 600 valence electrons. The predicted molar refractivity (Wildman–Crippen MR) is 436 cm³/mol. The summed E-state index contributed by atoms with van der Waals surface area (Å²) in [5.74, 6) is -2.36. The molecule has 106 heavy (non-hydrogen) atoms. The van der Waals surface area contributed by atoms with Gasteiger partial charge < -0.3 is 33.8 Å². The number of allylic oxidation sites excluding steroid dienone is 30. The van der Waals surface area contributed by atoms with Crippen molar-refractivity contribution >= 4 is 39.5 Å². The molecular weight excluding hydrogens is 1380 g/mol. The second kappa shape index (κ2) is 77.3. The van der Waals surface area contributed by atoms with E-state index >= 15 is 0 Å². The number of aliphatic hydroxyl groups excluding tert-OH is 1. The minimum Gasteiger partial charge on any atom is -0.462 e. The largest absolute Gasteiger partial charge is 0.472 e. The van der Waals surface area contributed by atoms with Crippen LogP contribution in [-0.4, -0.2) is 96.7 Å². The van der Waals surface area contributed by atoms with Crippen molar-refractivity contribution in [2.45, 2.75) is 303 Å². The van der Waals surface area contributed by atoms with Crippen LogP contribution in [0.4, 0.5) is 0 Å². The fourth-order valence-electron chi connectivity index (χ4n) is 9.86. The fraction of sp³-hybridized carbons (Fsp3) is 0.609. The lowest BCUT2D eigenvalue weighted by Gasteiger charge is -2.21. The molecule has 0 aromatic rings. The molecule has 5 unspecified atom stereocenters. The van der Waals surface area contributed by atoms with Crippen LogP contribution < -0.4 is 0 Å². The molecule has 0 saturated heterocycles. The van der Waals surface area contributed by atoms with Gasteiger partial charge in [0, 0.05) is 25.7 Å². The number of carbonyl (C=O) groups excluding carboxylic acids is 4. The van der Waals surface area contributed by atoms with E-state index in [4.69, 9.17) is 37.0 Å². The van der Waals surface area contributed by atoms with Crippen molar-refractivity contribution < 1.29 is 80.2 Å². The molecule has 0 fully saturated rings. The van der Waals surface area contributed by atoms with Crippen LogP contribution in [0.3, 0.4) is 0 Å². The lowest BCUT2D eigenvalue weighted by molar-refractivity contribution is -0.161. The van der Waals surface area contributed by atoms with Crippen molar-refractivity contribution in [2.24, 2.45) is 0 Å². The van der Waals surface area contributed by atoms with Gasteiger partial charge in [0.2, 0.25) is 0 Å². The Kier molecular flexibility index (Phi) is 73.1. The summed E-state index contributed by atoms with van der Waals surface area (Å²) in [6, 6.07) is 0. The number of hydrogen-bond donors (Lipinski definition) is 3. The Balaban J connectivity index is 5.52. The Morgan fingerprint density at radius 3 is 0.811 bits per heavy atom. The zero-order chi connectivity index (χ0) is 77.4. The third-order valence-electron chi connectivity index (χ3n) is 15.8. The highest BCUT2D eigenvalue weighted by molar-refractivity contribution is 7.47. The maximum absolute atomic E-state index is 13.1. The number of unbranched alkanes of at least 4 members (excludes halogenated alkanes) is 17. The van der Waals surface area contributed by atoms with Gasteiger partial charge in [-0.25, -0.2) is 9.13 Å². The zero-order valence-corrected chi connectivity index (χ0v) is 67.3. The van der Waals surface area contributed by atoms with Gasteiger partial charge in [-0.3, -0.25) is 37.3 Å². The molecular formula is C87H140O17P2. The number of phosphoric ester groups is 2. The molecule has 0 rings (SSSR count). The average molecular weight is 1520 g/mol. The van der Waals surface area contributed by atoms with Crippen molar-refractivity contribution in [3.63, 3.8) is 0 Å². The Morgan fingerprint density at radius 1 is 0.274 bits per heavy atom. The van der Waals surface area contributed by atoms with Crippen LogP contribution in [0.5, 0.6) is 0 Å². The van der Waals surface area contributed by atoms with Crippen molar-refractivity contribution in [3.8, 4) is 0 Å². The second-order valence-corrected chi connectivity index (χ2v) is 28.8. The molecule has 0 aromatic carbocycles. The van der Waals surface area contributed by atoms with Gasteiger partial charge in [-0.05, 0) is 167 Å². The second-order valence-electron chi connectivity index (χ2n) is 25.9. The first kappa shape index (κ1) is 100. The molecule has 0 amide bonds. The Hall–Kier alpha value is -5.84. The summed E-state index contributed by atoms with van der Waals surface area (Å²) in [6.07, 6.45) is 93.1. The third kappa shape index (κ3) is 76.4. The van der Waals surface area contributed by atoms with Crippen LogP contribution in [0.15, 0.2) is 182 Å². The van der Waals surface area contributed by atoms with Crippen LogP contribution in [0.2, 0.25) is 0 Å². The quantitative estimate of drug-likeness (QED) is 0.0169. The Bertz CT molecular complexity index is 2730. The summed E-state index contributed by atoms with van der Waals surface area (Å²) >= 11 is 0. The molecule has 0 heterocycles. The Morgan fingerprint density at radius 2 is 0.500 bits per heavy atom. The van der Waals surface area contributed by atoms with Gasteiger partial charge in [0.1, 0.15) is 19.3 Å². The van der Waals surface area contributed by atoms with Crippen LogP contribution in [0.1, 0.15) is 285 Å². The number of esters is 4. The van der Waals surface area contributed by atoms with E-state index in [0.717, 1.165) is 154 Å². The summed E-state index contributed by atoms with van der Waals surface area (Å²) in [7, 11) is -10.0. The molecule has 5 atom stereocenters. The summed E-state index contributed by atoms with van der Waals surface area (Å²) < 4.78 is 68.5. The van der Waals surface area contributed by atoms with Crippen molar-refractivity contribution in [1.29, 1.82) is 0 Å². The van der Waals surface area contributed by atoms with Crippen molar-refractivity contribution in [3.05, 3.63) is 182 Å². The average Bonchev–Trinajstić information content (AvgIpc) is 0.902. The standard InChI is InChI=1S/C87H140O17P2/c1-5-9-13-17-21-25-29-33-37-40-44-47-51-55-59-63-67-71-84(89)97-77-82(103-86(91)73-69-65-61-57-53-49-43-36-32-28-24-20-16-12-8-4)79-101-105(93,94)99-75-81(88)76-100-106(95,96)102-80-83(104-87(92)74-70-66-62-58-54-50-46-42-39-35-31-27-23-19-15-11-7-3)78-98-85(90)72-68-64-60-56-52-48-45-41-38-34-30-26-22-18-14-10-6-2/h9-11,13-15,21-23,25-27,33-39,43-48,50,56,58,60,62,81-83,88H,5-8,12,16-20,24,28-32,40-42,49,51-55,57,59,61,63-80H2,1-4H3,(H,93,94)(H,95,96)/b13-9-,14-10-,15-11-,25-21-,26-22-,27-23-,37-33-,38-34-,39-35-,43-36-,47-44-,48-45-,50-46-,60-56-,62-58-. The predicted octanol–water partition coefficient (Wildman–Crippen LogP) is 23.6. The van der Waals surface area contributed by atoms with Gasteiger partial charge in [-0.15, -0.1) is 0 Å². The lowest BCUT2D eigenvalue weighted by atomic mass is 10.1. The van der Waals surface area contributed by atoms with E-state index in [1.54, 1.807) is 0 Å². The summed E-state index contributed by atoms with van der Waals surface area (Å²) in [6.45, 7) is 4.34. The van der Waals surface area contributed by atoms with E-state index in [-0.39, 0.29) is 25.7 Å². The minimum atomic E-state index is -5.02. The molecule has 0 aliphatic heterocycles. The van der Waals surface area contributed by atoms with Gasteiger partial charge in [0.05, 0.1) is 26.4 Å². The first-order valence-electron chi connectivity index (χ1n) is 40.0. The highest BCUT2D eigenvalue weighted by Gasteiger charge is 2.30. The maximum Gasteiger partial charge on any atom is 0.472 e. The van der Waals surface area contributed by atoms with Gasteiger partial charge in [0.25, 0.3) is 0 Å². The topological polar surface area (TPSA) is 237 Å². The van der Waals surface area contributed by atoms with Gasteiger partial charge in [-0.2, -0.15) is 0 Å².